The van der Waals surface area contributed by atoms with E-state index in [-0.39, 0.29) is 29.2 Å². The zero-order chi connectivity index (χ0) is 22.4. The molecule has 0 radical (unpaired) electrons. The lowest BCUT2D eigenvalue weighted by molar-refractivity contribution is 0.0600. The Hall–Kier alpha value is -3.73. The number of carbonyl (C=O) groups is 2. The highest BCUT2D eigenvalue weighted by molar-refractivity contribution is 7.91. The zero-order valence-corrected chi connectivity index (χ0v) is 17.6. The summed E-state index contributed by atoms with van der Waals surface area (Å²) in [5.41, 5.74) is 1.75. The van der Waals surface area contributed by atoms with E-state index in [1.165, 1.54) is 25.3 Å². The van der Waals surface area contributed by atoms with E-state index in [2.05, 4.69) is 25.0 Å². The van der Waals surface area contributed by atoms with Crippen LogP contribution in [0.1, 0.15) is 37.7 Å². The first-order chi connectivity index (χ1) is 14.8. The van der Waals surface area contributed by atoms with Crippen molar-refractivity contribution in [3.05, 3.63) is 76.6 Å². The minimum atomic E-state index is -3.75. The number of sulfonamides is 1. The number of anilines is 1. The van der Waals surface area contributed by atoms with Gasteiger partial charge in [-0.25, -0.2) is 17.8 Å². The molecule has 0 aliphatic carbocycles. The Morgan fingerprint density at radius 1 is 1.06 bits per heavy atom. The standard InChI is InChI=1S/C20H20N4O6S/c1-13-18(23-30-22-13)19(25)21-11-15-8-16(20(26)29-2)10-17(9-15)24-31(27,28)12-14-6-4-3-5-7-14/h3-10,24H,11-12H2,1-2H3,(H,21,25). The fourth-order valence-corrected chi connectivity index (χ4v) is 3.98. The van der Waals surface area contributed by atoms with Crippen molar-refractivity contribution >= 4 is 27.6 Å². The molecule has 0 aliphatic rings. The van der Waals surface area contributed by atoms with Gasteiger partial charge in [-0.3, -0.25) is 9.52 Å². The number of amides is 1. The first-order valence-corrected chi connectivity index (χ1v) is 10.8. The fraction of sp³-hybridized carbons (Fsp3) is 0.200. The predicted octanol–water partition coefficient (Wildman–Crippen LogP) is 2.04. The van der Waals surface area contributed by atoms with E-state index < -0.39 is 21.9 Å². The van der Waals surface area contributed by atoms with Crippen LogP contribution in [-0.2, 0) is 27.1 Å². The van der Waals surface area contributed by atoms with Gasteiger partial charge in [-0.05, 0) is 41.4 Å². The monoisotopic (exact) mass is 444 g/mol. The van der Waals surface area contributed by atoms with E-state index >= 15 is 0 Å². The van der Waals surface area contributed by atoms with Gasteiger partial charge in [0.2, 0.25) is 10.0 Å². The average molecular weight is 444 g/mol. The van der Waals surface area contributed by atoms with Crippen molar-refractivity contribution in [1.29, 1.82) is 0 Å². The minimum Gasteiger partial charge on any atom is -0.465 e. The third-order valence-corrected chi connectivity index (χ3v) is 5.47. The molecule has 0 bridgehead atoms. The summed E-state index contributed by atoms with van der Waals surface area (Å²) in [7, 11) is -2.53. The second-order valence-electron chi connectivity index (χ2n) is 6.64. The van der Waals surface area contributed by atoms with E-state index in [1.807, 2.05) is 0 Å². The Balaban J connectivity index is 1.80. The lowest BCUT2D eigenvalue weighted by Gasteiger charge is -2.12. The summed E-state index contributed by atoms with van der Waals surface area (Å²) in [6.07, 6.45) is 0. The van der Waals surface area contributed by atoms with Crippen molar-refractivity contribution in [1.82, 2.24) is 15.6 Å². The normalized spacial score (nSPS) is 11.0. The van der Waals surface area contributed by atoms with E-state index in [0.29, 0.717) is 16.8 Å². The SMILES string of the molecule is COC(=O)c1cc(CNC(=O)c2nonc2C)cc(NS(=O)(=O)Cc2ccccc2)c1. The quantitative estimate of drug-likeness (QED) is 0.503. The maximum atomic E-state index is 12.6. The second kappa shape index (κ2) is 9.39. The van der Waals surface area contributed by atoms with Crippen LogP contribution in [0.25, 0.3) is 0 Å². The Morgan fingerprint density at radius 2 is 1.81 bits per heavy atom. The number of nitrogens with zero attached hydrogens (tertiary/aromatic N) is 2. The van der Waals surface area contributed by atoms with Gasteiger partial charge in [0.15, 0.2) is 5.69 Å². The molecule has 0 saturated carbocycles. The maximum Gasteiger partial charge on any atom is 0.337 e. The molecule has 0 saturated heterocycles. The van der Waals surface area contributed by atoms with Crippen LogP contribution in [0.5, 0.6) is 0 Å². The number of rotatable bonds is 8. The van der Waals surface area contributed by atoms with Crippen molar-refractivity contribution in [2.24, 2.45) is 0 Å². The van der Waals surface area contributed by atoms with Crippen molar-refractivity contribution in [3.8, 4) is 0 Å². The lowest BCUT2D eigenvalue weighted by Crippen LogP contribution is -2.24. The third kappa shape index (κ3) is 5.89. The van der Waals surface area contributed by atoms with Gasteiger partial charge in [0.25, 0.3) is 5.91 Å². The molecule has 31 heavy (non-hydrogen) atoms. The van der Waals surface area contributed by atoms with Gasteiger partial charge < -0.3 is 10.1 Å². The highest BCUT2D eigenvalue weighted by atomic mass is 32.2. The summed E-state index contributed by atoms with van der Waals surface area (Å²) in [4.78, 5) is 24.2. The molecule has 2 aromatic carbocycles. The van der Waals surface area contributed by atoms with Crippen molar-refractivity contribution < 1.29 is 27.4 Å². The number of hydrogen-bond donors (Lipinski definition) is 2. The van der Waals surface area contributed by atoms with Gasteiger partial charge in [-0.2, -0.15) is 0 Å². The molecule has 1 heterocycles. The van der Waals surface area contributed by atoms with Gasteiger partial charge in [-0.1, -0.05) is 35.5 Å². The third-order valence-electron chi connectivity index (χ3n) is 4.21. The van der Waals surface area contributed by atoms with Gasteiger partial charge in [0.05, 0.1) is 18.4 Å². The summed E-state index contributed by atoms with van der Waals surface area (Å²) in [6.45, 7) is 1.58. The Morgan fingerprint density at radius 3 is 2.45 bits per heavy atom. The molecule has 0 spiro atoms. The van der Waals surface area contributed by atoms with Crippen LogP contribution in [0.4, 0.5) is 5.69 Å². The zero-order valence-electron chi connectivity index (χ0n) is 16.8. The largest absolute Gasteiger partial charge is 0.465 e. The van der Waals surface area contributed by atoms with Crippen LogP contribution < -0.4 is 10.0 Å². The number of aryl methyl sites for hydroxylation is 1. The summed E-state index contributed by atoms with van der Waals surface area (Å²) in [5, 5.41) is 9.70. The minimum absolute atomic E-state index is 0.00335. The van der Waals surface area contributed by atoms with Crippen LogP contribution in [0, 0.1) is 6.92 Å². The molecule has 3 aromatic rings. The summed E-state index contributed by atoms with van der Waals surface area (Å²) in [6, 6.07) is 13.1. The smallest absolute Gasteiger partial charge is 0.337 e. The van der Waals surface area contributed by atoms with E-state index in [1.54, 1.807) is 37.3 Å². The van der Waals surface area contributed by atoms with Gasteiger partial charge >= 0.3 is 5.97 Å². The Labute approximate surface area is 178 Å². The first kappa shape index (κ1) is 22.0. The van der Waals surface area contributed by atoms with E-state index in [4.69, 9.17) is 4.74 Å². The van der Waals surface area contributed by atoms with Crippen LogP contribution in [0.15, 0.2) is 53.2 Å². The molecule has 1 aromatic heterocycles. The lowest BCUT2D eigenvalue weighted by atomic mass is 10.1. The van der Waals surface area contributed by atoms with Crippen LogP contribution >= 0.6 is 0 Å². The average Bonchev–Trinajstić information content (AvgIpc) is 3.17. The molecule has 2 N–H and O–H groups in total. The number of esters is 1. The van der Waals surface area contributed by atoms with Gasteiger partial charge in [0, 0.05) is 12.2 Å². The molecule has 10 nitrogen and oxygen atoms in total. The molecule has 3 rings (SSSR count). The van der Waals surface area contributed by atoms with Crippen molar-refractivity contribution in [3.63, 3.8) is 0 Å². The van der Waals surface area contributed by atoms with Gasteiger partial charge in [0.1, 0.15) is 5.69 Å². The van der Waals surface area contributed by atoms with Crippen LogP contribution in [-0.4, -0.2) is 37.7 Å². The molecule has 0 fully saturated rings. The number of carbonyl (C=O) groups excluding carboxylic acids is 2. The molecule has 0 aliphatic heterocycles. The Bertz CT molecular complexity index is 1190. The molecule has 162 valence electrons. The first-order valence-electron chi connectivity index (χ1n) is 9.11. The highest BCUT2D eigenvalue weighted by Crippen LogP contribution is 2.19. The summed E-state index contributed by atoms with van der Waals surface area (Å²) < 4.78 is 36.8. The number of ether oxygens (including phenoxy) is 1. The van der Waals surface area contributed by atoms with Gasteiger partial charge in [-0.15, -0.1) is 0 Å². The summed E-state index contributed by atoms with van der Waals surface area (Å²) in [5.74, 6) is -1.40. The molecule has 0 atom stereocenters. The number of nitrogens with one attached hydrogen (secondary N) is 2. The molecule has 11 heteroatoms. The van der Waals surface area contributed by atoms with Crippen molar-refractivity contribution in [2.45, 2.75) is 19.2 Å². The molecule has 0 unspecified atom stereocenters. The molecular formula is C20H20N4O6S. The van der Waals surface area contributed by atoms with E-state index in [0.717, 1.165) is 0 Å². The number of aromatic nitrogens is 2. The van der Waals surface area contributed by atoms with Crippen LogP contribution in [0.2, 0.25) is 0 Å². The molecular weight excluding hydrogens is 424 g/mol. The Kier molecular flexibility index (Phi) is 6.65. The second-order valence-corrected chi connectivity index (χ2v) is 8.36. The predicted molar refractivity (Wildman–Crippen MR) is 111 cm³/mol. The number of methoxy groups -OCH3 is 1. The number of hydrogen-bond acceptors (Lipinski definition) is 8. The maximum absolute atomic E-state index is 12.6. The van der Waals surface area contributed by atoms with Crippen molar-refractivity contribution in [2.75, 3.05) is 11.8 Å². The topological polar surface area (TPSA) is 140 Å². The van der Waals surface area contributed by atoms with E-state index in [9.17, 15) is 18.0 Å². The highest BCUT2D eigenvalue weighted by Gasteiger charge is 2.17. The fourth-order valence-electron chi connectivity index (χ4n) is 2.80. The molecule has 1 amide bonds. The number of benzene rings is 2. The summed E-state index contributed by atoms with van der Waals surface area (Å²) >= 11 is 0. The van der Waals surface area contributed by atoms with Crippen LogP contribution in [0.3, 0.4) is 0 Å².